The number of carbonyl (C=O) groups excluding carboxylic acids is 1. The van der Waals surface area contributed by atoms with E-state index in [2.05, 4.69) is 16.9 Å². The average molecular weight is 530 g/mol. The number of hydrogen-bond acceptors (Lipinski definition) is 6. The van der Waals surface area contributed by atoms with Crippen molar-refractivity contribution in [1.82, 2.24) is 23.2 Å². The fraction of sp³-hybridized carbons (Fsp3) is 0.250. The van der Waals surface area contributed by atoms with Crippen molar-refractivity contribution >= 4 is 32.9 Å². The zero-order valence-electron chi connectivity index (χ0n) is 21.1. The molecule has 0 aliphatic carbocycles. The van der Waals surface area contributed by atoms with Crippen molar-refractivity contribution in [2.24, 2.45) is 5.92 Å². The van der Waals surface area contributed by atoms with Crippen LogP contribution in [0.4, 0.5) is 4.79 Å². The van der Waals surface area contributed by atoms with Gasteiger partial charge in [0.05, 0.1) is 16.6 Å². The van der Waals surface area contributed by atoms with Crippen LogP contribution in [0.2, 0.25) is 0 Å². The summed E-state index contributed by atoms with van der Waals surface area (Å²) >= 11 is 0. The van der Waals surface area contributed by atoms with Gasteiger partial charge in [-0.2, -0.15) is 0 Å². The summed E-state index contributed by atoms with van der Waals surface area (Å²) in [6.07, 6.45) is 4.56. The first-order valence-corrected chi connectivity index (χ1v) is 13.9. The Bertz CT molecular complexity index is 1740. The van der Waals surface area contributed by atoms with Crippen LogP contribution in [0, 0.1) is 12.8 Å². The molecule has 6 rings (SSSR count). The van der Waals surface area contributed by atoms with E-state index in [-0.39, 0.29) is 29.4 Å². The van der Waals surface area contributed by atoms with Gasteiger partial charge in [-0.25, -0.2) is 27.2 Å². The quantitative estimate of drug-likeness (QED) is 0.330. The van der Waals surface area contributed by atoms with Gasteiger partial charge in [-0.15, -0.1) is 0 Å². The Morgan fingerprint density at radius 1 is 1.00 bits per heavy atom. The number of benzene rings is 2. The molecule has 1 amide bonds. The van der Waals surface area contributed by atoms with Crippen molar-refractivity contribution in [3.05, 3.63) is 96.1 Å². The molecule has 4 heterocycles. The van der Waals surface area contributed by atoms with E-state index in [9.17, 15) is 13.2 Å². The number of nitrogens with zero attached hydrogens (tertiary/aromatic N) is 5. The summed E-state index contributed by atoms with van der Waals surface area (Å²) in [5, 5.41) is 0. The van der Waals surface area contributed by atoms with Crippen molar-refractivity contribution < 1.29 is 17.9 Å². The summed E-state index contributed by atoms with van der Waals surface area (Å²) in [5.41, 5.74) is 4.41. The van der Waals surface area contributed by atoms with Crippen molar-refractivity contribution in [3.63, 3.8) is 0 Å². The summed E-state index contributed by atoms with van der Waals surface area (Å²) < 4.78 is 35.5. The summed E-state index contributed by atoms with van der Waals surface area (Å²) in [4.78, 5) is 23.7. The Labute approximate surface area is 220 Å². The van der Waals surface area contributed by atoms with Crippen LogP contribution >= 0.6 is 0 Å². The third kappa shape index (κ3) is 4.10. The lowest BCUT2D eigenvalue weighted by Crippen LogP contribution is -2.29. The second kappa shape index (κ2) is 9.29. The largest absolute Gasteiger partial charge is 0.445 e. The highest BCUT2D eigenvalue weighted by atomic mass is 32.2. The number of aromatic nitrogens is 4. The zero-order valence-corrected chi connectivity index (χ0v) is 21.9. The van der Waals surface area contributed by atoms with Crippen LogP contribution in [0.3, 0.4) is 0 Å². The Kier molecular flexibility index (Phi) is 5.91. The zero-order chi connectivity index (χ0) is 26.4. The minimum atomic E-state index is -3.83. The molecule has 2 atom stereocenters. The monoisotopic (exact) mass is 529 g/mol. The van der Waals surface area contributed by atoms with E-state index in [4.69, 9.17) is 4.74 Å². The summed E-state index contributed by atoms with van der Waals surface area (Å²) in [5.74, 6) is 0.151. The van der Waals surface area contributed by atoms with Gasteiger partial charge >= 0.3 is 6.09 Å². The highest BCUT2D eigenvalue weighted by molar-refractivity contribution is 7.90. The molecule has 1 aliphatic heterocycles. The van der Waals surface area contributed by atoms with Crippen LogP contribution in [0.25, 0.3) is 16.8 Å². The van der Waals surface area contributed by atoms with Crippen LogP contribution in [-0.4, -0.2) is 50.8 Å². The molecule has 3 aromatic heterocycles. The van der Waals surface area contributed by atoms with Crippen molar-refractivity contribution in [2.75, 3.05) is 13.1 Å². The van der Waals surface area contributed by atoms with Crippen LogP contribution in [0.5, 0.6) is 0 Å². The Hall–Kier alpha value is -4.18. The average Bonchev–Trinajstić information content (AvgIpc) is 3.64. The van der Waals surface area contributed by atoms with Gasteiger partial charge in [0, 0.05) is 37.1 Å². The number of imidazole rings is 1. The molecule has 194 valence electrons. The lowest BCUT2D eigenvalue weighted by Gasteiger charge is -2.16. The maximum atomic E-state index is 13.4. The highest BCUT2D eigenvalue weighted by Gasteiger charge is 2.36. The van der Waals surface area contributed by atoms with E-state index in [1.54, 1.807) is 47.6 Å². The second-order valence-corrected chi connectivity index (χ2v) is 11.6. The summed E-state index contributed by atoms with van der Waals surface area (Å²) in [7, 11) is -3.83. The van der Waals surface area contributed by atoms with Gasteiger partial charge in [0.25, 0.3) is 10.0 Å². The normalized spacial score (nSPS) is 17.9. The molecule has 1 fully saturated rings. The first kappa shape index (κ1) is 24.2. The van der Waals surface area contributed by atoms with Gasteiger partial charge in [0.1, 0.15) is 6.61 Å². The molecule has 1 saturated heterocycles. The number of amides is 1. The molecule has 0 radical (unpaired) electrons. The van der Waals surface area contributed by atoms with E-state index >= 15 is 0 Å². The molecule has 0 N–H and O–H groups in total. The molecular formula is C28H27N5O4S. The van der Waals surface area contributed by atoms with Gasteiger partial charge in [0.15, 0.2) is 11.3 Å². The van der Waals surface area contributed by atoms with Gasteiger partial charge < -0.3 is 9.64 Å². The number of rotatable bonds is 5. The molecule has 10 heteroatoms. The van der Waals surface area contributed by atoms with Crippen LogP contribution in [0.15, 0.2) is 84.1 Å². The third-order valence-electron chi connectivity index (χ3n) is 7.20. The van der Waals surface area contributed by atoms with Gasteiger partial charge in [-0.05, 0) is 36.6 Å². The van der Waals surface area contributed by atoms with Crippen molar-refractivity contribution in [3.8, 4) is 0 Å². The lowest BCUT2D eigenvalue weighted by molar-refractivity contribution is 0.103. The molecule has 0 saturated carbocycles. The maximum absolute atomic E-state index is 13.4. The second-order valence-electron chi connectivity index (χ2n) is 9.80. The Morgan fingerprint density at radius 3 is 2.53 bits per heavy atom. The molecule has 0 spiro atoms. The lowest BCUT2D eigenvalue weighted by atomic mass is 9.95. The molecule has 2 aromatic carbocycles. The summed E-state index contributed by atoms with van der Waals surface area (Å²) in [6, 6.07) is 18.1. The van der Waals surface area contributed by atoms with Crippen molar-refractivity contribution in [2.45, 2.75) is 31.3 Å². The standard InChI is InChI=1S/C28H27N5O4S/c1-19-8-10-22(11-9-19)38(35,36)32-13-12-24-27(32)30-15-26-29-14-25(33(24)26)23-17-31(16-20(23)2)28(34)37-18-21-6-4-3-5-7-21/h3-15,20,23H,16-18H2,1-2H3/t20-,23?/m1/s1. The Balaban J connectivity index is 1.31. The number of likely N-dealkylation sites (tertiary alicyclic amines) is 1. The van der Waals surface area contributed by atoms with E-state index in [0.29, 0.717) is 29.9 Å². The number of carbonyl (C=O) groups is 1. The van der Waals surface area contributed by atoms with Crippen LogP contribution < -0.4 is 0 Å². The highest BCUT2D eigenvalue weighted by Crippen LogP contribution is 2.34. The number of ether oxygens (including phenoxy) is 1. The van der Waals surface area contributed by atoms with Gasteiger partial charge in [-0.3, -0.25) is 4.40 Å². The smallest absolute Gasteiger partial charge is 0.410 e. The van der Waals surface area contributed by atoms with Gasteiger partial charge in [-0.1, -0.05) is 55.0 Å². The fourth-order valence-corrected chi connectivity index (χ4v) is 6.43. The molecule has 5 aromatic rings. The maximum Gasteiger partial charge on any atom is 0.410 e. The van der Waals surface area contributed by atoms with E-state index < -0.39 is 10.0 Å². The molecule has 38 heavy (non-hydrogen) atoms. The topological polar surface area (TPSA) is 98.8 Å². The van der Waals surface area contributed by atoms with Crippen molar-refractivity contribution in [1.29, 1.82) is 0 Å². The third-order valence-corrected chi connectivity index (χ3v) is 8.88. The first-order valence-electron chi connectivity index (χ1n) is 12.4. The van der Waals surface area contributed by atoms with E-state index in [0.717, 1.165) is 16.8 Å². The van der Waals surface area contributed by atoms with E-state index in [1.807, 2.05) is 41.7 Å². The molecule has 1 unspecified atom stereocenters. The number of hydrogen-bond donors (Lipinski definition) is 0. The van der Waals surface area contributed by atoms with Crippen LogP contribution in [0.1, 0.15) is 29.7 Å². The molecule has 1 aliphatic rings. The predicted octanol–water partition coefficient (Wildman–Crippen LogP) is 4.60. The van der Waals surface area contributed by atoms with Gasteiger partial charge in [0.2, 0.25) is 0 Å². The first-order chi connectivity index (χ1) is 18.3. The summed E-state index contributed by atoms with van der Waals surface area (Å²) in [6.45, 7) is 5.27. The minimum Gasteiger partial charge on any atom is -0.445 e. The number of fused-ring (bicyclic) bond motifs is 3. The van der Waals surface area contributed by atoms with Crippen LogP contribution in [-0.2, 0) is 21.4 Å². The molecule has 9 nitrogen and oxygen atoms in total. The predicted molar refractivity (Wildman–Crippen MR) is 142 cm³/mol. The minimum absolute atomic E-state index is 0.00284. The molecule has 0 bridgehead atoms. The number of aryl methyl sites for hydroxylation is 1. The SMILES string of the molecule is Cc1ccc(S(=O)(=O)n2ccc3c2ncc2ncc(C4CN(C(=O)OCc5ccccc5)C[C@H]4C)n23)cc1. The molecular weight excluding hydrogens is 502 g/mol. The Morgan fingerprint density at radius 2 is 1.76 bits per heavy atom. The van der Waals surface area contributed by atoms with E-state index in [1.165, 1.54) is 10.2 Å². The fourth-order valence-electron chi connectivity index (χ4n) is 5.14.